The summed E-state index contributed by atoms with van der Waals surface area (Å²) in [5.41, 5.74) is 0.763. The normalized spacial score (nSPS) is 11.4. The van der Waals surface area contributed by atoms with Crippen molar-refractivity contribution >= 4 is 25.4 Å². The molecule has 2 rings (SSSR count). The molecule has 2 aromatic rings. The van der Waals surface area contributed by atoms with Crippen molar-refractivity contribution in [2.75, 3.05) is 6.61 Å². The zero-order valence-electron chi connectivity index (χ0n) is 14.7. The Morgan fingerprint density at radius 3 is 2.62 bits per heavy atom. The Kier molecular flexibility index (Phi) is 6.20. The molecule has 0 bridgehead atoms. The summed E-state index contributed by atoms with van der Waals surface area (Å²) in [6.07, 6.45) is 1.22. The lowest BCUT2D eigenvalue weighted by Crippen LogP contribution is -2.19. The van der Waals surface area contributed by atoms with Gasteiger partial charge in [-0.3, -0.25) is 4.79 Å². The quantitative estimate of drug-likeness (QED) is 0.550. The van der Waals surface area contributed by atoms with Crippen molar-refractivity contribution in [1.29, 1.82) is 5.41 Å². The molecular formula is C17H20ClN3O4S. The summed E-state index contributed by atoms with van der Waals surface area (Å²) in [5, 5.41) is 8.14. The van der Waals surface area contributed by atoms with Crippen molar-refractivity contribution < 1.29 is 13.2 Å². The van der Waals surface area contributed by atoms with Gasteiger partial charge in [-0.05, 0) is 38.5 Å². The zero-order valence-corrected chi connectivity index (χ0v) is 16.3. The number of H-pyrrole nitrogens is 1. The minimum absolute atomic E-state index is 0.127. The first-order chi connectivity index (χ1) is 12.2. The summed E-state index contributed by atoms with van der Waals surface area (Å²) in [4.78, 5) is 19.2. The molecule has 0 aliphatic heterocycles. The number of benzene rings is 1. The maximum Gasteiger partial charge on any atom is 0.261 e. The van der Waals surface area contributed by atoms with Crippen LogP contribution in [-0.4, -0.2) is 30.7 Å². The van der Waals surface area contributed by atoms with E-state index in [0.717, 1.165) is 6.42 Å². The van der Waals surface area contributed by atoms with Crippen LogP contribution in [0.25, 0.3) is 11.4 Å². The Bertz CT molecular complexity index is 1000. The molecule has 1 aromatic carbocycles. The molecule has 0 radical (unpaired) electrons. The van der Waals surface area contributed by atoms with Gasteiger partial charge < -0.3 is 15.1 Å². The number of hydrogen-bond acceptors (Lipinski definition) is 6. The van der Waals surface area contributed by atoms with Crippen LogP contribution in [0, 0.1) is 12.3 Å². The Balaban J connectivity index is 2.74. The number of hydrogen-bond donors (Lipinski definition) is 2. The Labute approximate surface area is 156 Å². The molecule has 0 fully saturated rings. The molecule has 0 saturated heterocycles. The number of ether oxygens (including phenoxy) is 1. The van der Waals surface area contributed by atoms with Crippen LogP contribution in [0.4, 0.5) is 0 Å². The maximum absolute atomic E-state index is 12.3. The van der Waals surface area contributed by atoms with E-state index in [1.807, 2.05) is 6.92 Å². The summed E-state index contributed by atoms with van der Waals surface area (Å²) in [7, 11) is 1.47. The minimum atomic E-state index is -3.96. The fourth-order valence-corrected chi connectivity index (χ4v) is 3.23. The van der Waals surface area contributed by atoms with Crippen LogP contribution in [-0.2, 0) is 9.05 Å². The number of nitrogens with one attached hydrogen (secondary N) is 2. The van der Waals surface area contributed by atoms with Crippen LogP contribution in [0.5, 0.6) is 5.75 Å². The van der Waals surface area contributed by atoms with E-state index in [4.69, 9.17) is 20.8 Å². The van der Waals surface area contributed by atoms with E-state index >= 15 is 0 Å². The van der Waals surface area contributed by atoms with Gasteiger partial charge in [-0.2, -0.15) is 0 Å². The molecule has 0 amide bonds. The second kappa shape index (κ2) is 8.01. The van der Waals surface area contributed by atoms with Gasteiger partial charge in [-0.25, -0.2) is 13.4 Å². The van der Waals surface area contributed by atoms with Gasteiger partial charge in [0.1, 0.15) is 11.6 Å². The first-order valence-electron chi connectivity index (χ1n) is 8.09. The average Bonchev–Trinajstić information content (AvgIpc) is 2.57. The van der Waals surface area contributed by atoms with Crippen molar-refractivity contribution in [2.24, 2.45) is 0 Å². The van der Waals surface area contributed by atoms with Gasteiger partial charge in [-0.1, -0.05) is 13.3 Å². The number of nitrogens with zero attached hydrogens (tertiary/aromatic N) is 1. The third-order valence-corrected chi connectivity index (χ3v) is 5.08. The molecule has 26 heavy (non-hydrogen) atoms. The summed E-state index contributed by atoms with van der Waals surface area (Å²) < 4.78 is 28.9. The van der Waals surface area contributed by atoms with Crippen molar-refractivity contribution in [1.82, 2.24) is 9.97 Å². The molecule has 0 spiro atoms. The van der Waals surface area contributed by atoms with Crippen LogP contribution in [0.2, 0.25) is 0 Å². The topological polar surface area (TPSA) is 113 Å². The highest BCUT2D eigenvalue weighted by Gasteiger charge is 2.19. The summed E-state index contributed by atoms with van der Waals surface area (Å²) in [5.74, 6) is 0.485. The molecule has 7 nitrogen and oxygen atoms in total. The number of aromatic nitrogens is 2. The van der Waals surface area contributed by atoms with Crippen LogP contribution < -0.4 is 10.3 Å². The Morgan fingerprint density at radius 1 is 1.35 bits per heavy atom. The zero-order chi connectivity index (χ0) is 19.5. The van der Waals surface area contributed by atoms with Crippen molar-refractivity contribution in [2.45, 2.75) is 38.5 Å². The van der Waals surface area contributed by atoms with Crippen LogP contribution in [0.15, 0.2) is 27.9 Å². The monoisotopic (exact) mass is 397 g/mol. The highest BCUT2D eigenvalue weighted by molar-refractivity contribution is 8.13. The van der Waals surface area contributed by atoms with E-state index < -0.39 is 14.6 Å². The first-order valence-corrected chi connectivity index (χ1v) is 10.4. The maximum atomic E-state index is 12.3. The lowest BCUT2D eigenvalue weighted by Gasteiger charge is -2.13. The van der Waals surface area contributed by atoms with Gasteiger partial charge >= 0.3 is 0 Å². The average molecular weight is 398 g/mol. The van der Waals surface area contributed by atoms with E-state index in [2.05, 4.69) is 9.97 Å². The molecule has 9 heteroatoms. The lowest BCUT2D eigenvalue weighted by atomic mass is 10.1. The molecule has 0 saturated carbocycles. The molecule has 0 aliphatic carbocycles. The van der Waals surface area contributed by atoms with Crippen molar-refractivity contribution in [3.63, 3.8) is 0 Å². The molecule has 1 heterocycles. The third kappa shape index (κ3) is 4.31. The fraction of sp³-hybridized carbons (Fsp3) is 0.353. The van der Waals surface area contributed by atoms with E-state index in [-0.39, 0.29) is 27.7 Å². The number of aromatic amines is 1. The largest absolute Gasteiger partial charge is 0.493 e. The molecular weight excluding hydrogens is 378 g/mol. The smallest absolute Gasteiger partial charge is 0.261 e. The predicted molar refractivity (Wildman–Crippen MR) is 101 cm³/mol. The van der Waals surface area contributed by atoms with E-state index in [1.165, 1.54) is 18.2 Å². The van der Waals surface area contributed by atoms with Crippen molar-refractivity contribution in [3.05, 3.63) is 39.8 Å². The molecule has 0 aliphatic rings. The van der Waals surface area contributed by atoms with Crippen LogP contribution in [0.1, 0.15) is 37.9 Å². The Morgan fingerprint density at radius 2 is 2.04 bits per heavy atom. The number of rotatable bonds is 7. The second-order valence-corrected chi connectivity index (χ2v) is 8.21. The molecule has 1 aromatic heterocycles. The highest BCUT2D eigenvalue weighted by Crippen LogP contribution is 2.31. The van der Waals surface area contributed by atoms with Crippen molar-refractivity contribution in [3.8, 4) is 17.1 Å². The first kappa shape index (κ1) is 20.1. The SMILES string of the molecule is CCCC(=N)c1nc(-c2cc(S(=O)(=O)Cl)ccc2OCC)[nH]c(=O)c1C. The molecule has 140 valence electrons. The Hall–Kier alpha value is -2.19. The van der Waals surface area contributed by atoms with E-state index in [9.17, 15) is 13.2 Å². The molecule has 0 atom stereocenters. The summed E-state index contributed by atoms with van der Waals surface area (Å²) in [6, 6.07) is 4.09. The minimum Gasteiger partial charge on any atom is -0.493 e. The van der Waals surface area contributed by atoms with Gasteiger partial charge in [0.2, 0.25) is 0 Å². The van der Waals surface area contributed by atoms with Crippen LogP contribution >= 0.6 is 10.7 Å². The predicted octanol–water partition coefficient (Wildman–Crippen LogP) is 3.24. The highest BCUT2D eigenvalue weighted by atomic mass is 35.7. The number of halogens is 1. The van der Waals surface area contributed by atoms with Gasteiger partial charge in [0, 0.05) is 16.2 Å². The third-order valence-electron chi connectivity index (χ3n) is 3.72. The fourth-order valence-electron chi connectivity index (χ4n) is 2.45. The summed E-state index contributed by atoms with van der Waals surface area (Å²) >= 11 is 0. The van der Waals surface area contributed by atoms with E-state index in [1.54, 1.807) is 13.8 Å². The summed E-state index contributed by atoms with van der Waals surface area (Å²) in [6.45, 7) is 5.65. The van der Waals surface area contributed by atoms with E-state index in [0.29, 0.717) is 24.3 Å². The lowest BCUT2D eigenvalue weighted by molar-refractivity contribution is 0.341. The van der Waals surface area contributed by atoms with Gasteiger partial charge in [0.15, 0.2) is 0 Å². The molecule has 2 N–H and O–H groups in total. The van der Waals surface area contributed by atoms with Gasteiger partial charge in [0.05, 0.1) is 28.5 Å². The van der Waals surface area contributed by atoms with Crippen LogP contribution in [0.3, 0.4) is 0 Å². The second-order valence-electron chi connectivity index (χ2n) is 5.65. The van der Waals surface area contributed by atoms with Gasteiger partial charge in [-0.15, -0.1) is 0 Å². The molecule has 0 unspecified atom stereocenters. The van der Waals surface area contributed by atoms with Gasteiger partial charge in [0.25, 0.3) is 14.6 Å². The standard InChI is InChI=1S/C17H20ClN3O4S/c1-4-6-13(19)15-10(3)17(22)21-16(20-15)12-9-11(26(18,23)24)7-8-14(12)25-5-2/h7-9,19H,4-6H2,1-3H3,(H,20,21,22).